The Morgan fingerprint density at radius 2 is 1.92 bits per heavy atom. The van der Waals surface area contributed by atoms with Gasteiger partial charge in [-0.15, -0.1) is 0 Å². The highest BCUT2D eigenvalue weighted by atomic mass is 35.5. The number of amides is 1. The van der Waals surface area contributed by atoms with Crippen LogP contribution in [0.25, 0.3) is 5.69 Å². The van der Waals surface area contributed by atoms with Crippen LogP contribution in [0.4, 0.5) is 4.39 Å². The van der Waals surface area contributed by atoms with Crippen LogP contribution in [-0.2, 0) is 6.54 Å². The third-order valence-corrected chi connectivity index (χ3v) is 4.35. The molecule has 0 aliphatic rings. The van der Waals surface area contributed by atoms with Crippen molar-refractivity contribution in [3.05, 3.63) is 82.4 Å². The first-order valence-electron chi connectivity index (χ1n) is 7.77. The van der Waals surface area contributed by atoms with Crippen molar-refractivity contribution >= 4 is 17.5 Å². The highest BCUT2D eigenvalue weighted by molar-refractivity contribution is 6.31. The summed E-state index contributed by atoms with van der Waals surface area (Å²) in [5.74, 6) is -0.625. The van der Waals surface area contributed by atoms with Gasteiger partial charge in [-0.1, -0.05) is 17.7 Å². The molecule has 0 aliphatic carbocycles. The van der Waals surface area contributed by atoms with Crippen molar-refractivity contribution in [1.29, 1.82) is 0 Å². The number of carbonyl (C=O) groups excluding carboxylic acids is 1. The molecular formula is C19H17ClFN3O. The van der Waals surface area contributed by atoms with E-state index in [0.29, 0.717) is 16.1 Å². The van der Waals surface area contributed by atoms with E-state index in [9.17, 15) is 9.18 Å². The van der Waals surface area contributed by atoms with Gasteiger partial charge >= 0.3 is 0 Å². The summed E-state index contributed by atoms with van der Waals surface area (Å²) in [6, 6.07) is 13.5. The zero-order valence-corrected chi connectivity index (χ0v) is 14.7. The van der Waals surface area contributed by atoms with Gasteiger partial charge in [-0.05, 0) is 49.4 Å². The van der Waals surface area contributed by atoms with Gasteiger partial charge in [0.25, 0.3) is 5.91 Å². The fraction of sp³-hybridized carbons (Fsp3) is 0.158. The predicted molar refractivity (Wildman–Crippen MR) is 95.5 cm³/mol. The zero-order valence-electron chi connectivity index (χ0n) is 13.9. The average molecular weight is 358 g/mol. The van der Waals surface area contributed by atoms with E-state index < -0.39 is 5.82 Å². The molecule has 128 valence electrons. The molecule has 0 radical (unpaired) electrons. The van der Waals surface area contributed by atoms with Gasteiger partial charge in [0.1, 0.15) is 5.82 Å². The fourth-order valence-corrected chi connectivity index (χ4v) is 2.82. The minimum Gasteiger partial charge on any atom is -0.337 e. The maximum atomic E-state index is 13.9. The zero-order chi connectivity index (χ0) is 18.0. The van der Waals surface area contributed by atoms with Crippen LogP contribution in [0.1, 0.15) is 21.6 Å². The topological polar surface area (TPSA) is 38.1 Å². The summed E-state index contributed by atoms with van der Waals surface area (Å²) in [4.78, 5) is 14.0. The molecule has 0 saturated heterocycles. The molecule has 0 unspecified atom stereocenters. The van der Waals surface area contributed by atoms with Gasteiger partial charge in [0, 0.05) is 41.6 Å². The second kappa shape index (κ2) is 7.07. The molecule has 0 bridgehead atoms. The van der Waals surface area contributed by atoms with Crippen LogP contribution in [0.5, 0.6) is 0 Å². The van der Waals surface area contributed by atoms with Crippen LogP contribution in [0.2, 0.25) is 5.02 Å². The van der Waals surface area contributed by atoms with E-state index in [1.807, 2.05) is 25.1 Å². The number of carbonyl (C=O) groups is 1. The number of hydrogen-bond donors (Lipinski definition) is 0. The molecule has 6 heteroatoms. The van der Waals surface area contributed by atoms with Crippen LogP contribution in [0.15, 0.2) is 54.7 Å². The van der Waals surface area contributed by atoms with E-state index >= 15 is 0 Å². The molecule has 1 amide bonds. The summed E-state index contributed by atoms with van der Waals surface area (Å²) in [5, 5.41) is 4.55. The standard InChI is InChI=1S/C19H17ClFN3O/c1-13-10-11-22-24(13)15-8-6-14(7-9-15)19(25)23(2)12-16-17(20)4-3-5-18(16)21/h3-11H,12H2,1-2H3. The van der Waals surface area contributed by atoms with Crippen LogP contribution in [0, 0.1) is 12.7 Å². The maximum Gasteiger partial charge on any atom is 0.253 e. The molecule has 3 rings (SSSR count). The van der Waals surface area contributed by atoms with Crippen LogP contribution in [0.3, 0.4) is 0 Å². The molecule has 0 aliphatic heterocycles. The van der Waals surface area contributed by atoms with Crippen molar-refractivity contribution in [2.45, 2.75) is 13.5 Å². The minimum absolute atomic E-state index is 0.102. The van der Waals surface area contributed by atoms with Crippen molar-refractivity contribution in [3.63, 3.8) is 0 Å². The number of nitrogens with zero attached hydrogens (tertiary/aromatic N) is 3. The highest BCUT2D eigenvalue weighted by Gasteiger charge is 2.16. The fourth-order valence-electron chi connectivity index (χ4n) is 2.60. The van der Waals surface area contributed by atoms with Gasteiger partial charge in [-0.3, -0.25) is 4.79 Å². The molecule has 0 fully saturated rings. The van der Waals surface area contributed by atoms with E-state index in [-0.39, 0.29) is 12.5 Å². The summed E-state index contributed by atoms with van der Waals surface area (Å²) in [6.07, 6.45) is 1.72. The number of aryl methyl sites for hydroxylation is 1. The summed E-state index contributed by atoms with van der Waals surface area (Å²) in [5.41, 5.74) is 2.71. The first-order chi connectivity index (χ1) is 12.0. The van der Waals surface area contributed by atoms with Crippen molar-refractivity contribution in [2.75, 3.05) is 7.05 Å². The normalized spacial score (nSPS) is 10.7. The Labute approximate surface area is 150 Å². The molecule has 0 atom stereocenters. The van der Waals surface area contributed by atoms with Crippen molar-refractivity contribution in [2.24, 2.45) is 0 Å². The number of hydrogen-bond acceptors (Lipinski definition) is 2. The van der Waals surface area contributed by atoms with E-state index in [0.717, 1.165) is 11.4 Å². The molecule has 4 nitrogen and oxygen atoms in total. The van der Waals surface area contributed by atoms with Crippen molar-refractivity contribution in [1.82, 2.24) is 14.7 Å². The SMILES string of the molecule is Cc1ccnn1-c1ccc(C(=O)N(C)Cc2c(F)cccc2Cl)cc1. The van der Waals surface area contributed by atoms with E-state index in [1.165, 1.54) is 11.0 Å². The van der Waals surface area contributed by atoms with Crippen LogP contribution < -0.4 is 0 Å². The Hall–Kier alpha value is -2.66. The molecule has 0 N–H and O–H groups in total. The summed E-state index contributed by atoms with van der Waals surface area (Å²) in [7, 11) is 1.62. The van der Waals surface area contributed by atoms with Gasteiger partial charge in [0.15, 0.2) is 0 Å². The lowest BCUT2D eigenvalue weighted by molar-refractivity contribution is 0.0784. The summed E-state index contributed by atoms with van der Waals surface area (Å²) in [6.45, 7) is 2.06. The Bertz CT molecular complexity index is 885. The van der Waals surface area contributed by atoms with Crippen molar-refractivity contribution in [3.8, 4) is 5.69 Å². The first kappa shape index (κ1) is 17.2. The van der Waals surface area contributed by atoms with Crippen molar-refractivity contribution < 1.29 is 9.18 Å². The number of benzene rings is 2. The monoisotopic (exact) mass is 357 g/mol. The number of rotatable bonds is 4. The average Bonchev–Trinajstić information content (AvgIpc) is 3.03. The Kier molecular flexibility index (Phi) is 4.86. The second-order valence-corrected chi connectivity index (χ2v) is 6.20. The van der Waals surface area contributed by atoms with E-state index in [4.69, 9.17) is 11.6 Å². The summed E-state index contributed by atoms with van der Waals surface area (Å²) >= 11 is 6.03. The smallest absolute Gasteiger partial charge is 0.253 e. The van der Waals surface area contributed by atoms with Gasteiger partial charge in [-0.25, -0.2) is 9.07 Å². The predicted octanol–water partition coefficient (Wildman–Crippen LogP) is 4.25. The molecule has 0 saturated carbocycles. The lowest BCUT2D eigenvalue weighted by Gasteiger charge is -2.18. The van der Waals surface area contributed by atoms with Gasteiger partial charge in [-0.2, -0.15) is 5.10 Å². The largest absolute Gasteiger partial charge is 0.337 e. The Morgan fingerprint density at radius 1 is 1.20 bits per heavy atom. The molecule has 0 spiro atoms. The second-order valence-electron chi connectivity index (χ2n) is 5.79. The first-order valence-corrected chi connectivity index (χ1v) is 8.14. The third-order valence-electron chi connectivity index (χ3n) is 3.99. The van der Waals surface area contributed by atoms with Gasteiger partial charge < -0.3 is 4.90 Å². The number of aromatic nitrogens is 2. The summed E-state index contributed by atoms with van der Waals surface area (Å²) < 4.78 is 15.7. The molecule has 3 aromatic rings. The molecule has 1 aromatic heterocycles. The Balaban J connectivity index is 1.77. The molecule has 1 heterocycles. The Morgan fingerprint density at radius 3 is 2.52 bits per heavy atom. The quantitative estimate of drug-likeness (QED) is 0.700. The molecular weight excluding hydrogens is 341 g/mol. The lowest BCUT2D eigenvalue weighted by Crippen LogP contribution is -2.26. The van der Waals surface area contributed by atoms with Gasteiger partial charge in [0.2, 0.25) is 0 Å². The number of halogens is 2. The van der Waals surface area contributed by atoms with Gasteiger partial charge in [0.05, 0.1) is 5.69 Å². The lowest BCUT2D eigenvalue weighted by atomic mass is 10.1. The maximum absolute atomic E-state index is 13.9. The third kappa shape index (κ3) is 3.56. The van der Waals surface area contributed by atoms with Crippen LogP contribution in [-0.4, -0.2) is 27.6 Å². The van der Waals surface area contributed by atoms with Crippen LogP contribution >= 0.6 is 11.6 Å². The minimum atomic E-state index is -0.420. The molecule has 25 heavy (non-hydrogen) atoms. The highest BCUT2D eigenvalue weighted by Crippen LogP contribution is 2.21. The van der Waals surface area contributed by atoms with E-state index in [1.54, 1.807) is 42.2 Å². The molecule has 2 aromatic carbocycles. The van der Waals surface area contributed by atoms with E-state index in [2.05, 4.69) is 5.10 Å².